The van der Waals surface area contributed by atoms with Crippen LogP contribution in [0.4, 0.5) is 5.82 Å². The van der Waals surface area contributed by atoms with Crippen LogP contribution in [0.2, 0.25) is 0 Å². The third kappa shape index (κ3) is 1.78. The van der Waals surface area contributed by atoms with Crippen LogP contribution >= 0.6 is 0 Å². The predicted molar refractivity (Wildman–Crippen MR) is 65.4 cm³/mol. The van der Waals surface area contributed by atoms with Gasteiger partial charge in [0, 0.05) is 19.3 Å². The quantitative estimate of drug-likeness (QED) is 0.772. The van der Waals surface area contributed by atoms with Crippen molar-refractivity contribution in [3.05, 3.63) is 17.8 Å². The minimum atomic E-state index is -0.487. The van der Waals surface area contributed by atoms with Gasteiger partial charge < -0.3 is 15.4 Å². The van der Waals surface area contributed by atoms with Gasteiger partial charge in [0.15, 0.2) is 11.5 Å². The second kappa shape index (κ2) is 4.26. The third-order valence-corrected chi connectivity index (χ3v) is 2.99. The van der Waals surface area contributed by atoms with Crippen molar-refractivity contribution in [3.63, 3.8) is 0 Å². The van der Waals surface area contributed by atoms with E-state index in [0.29, 0.717) is 24.4 Å². The number of aromatic nitrogens is 3. The summed E-state index contributed by atoms with van der Waals surface area (Å²) in [6.07, 6.45) is 1.45. The van der Waals surface area contributed by atoms with E-state index < -0.39 is 5.91 Å². The number of nitrogens with two attached hydrogens (primary N) is 1. The van der Waals surface area contributed by atoms with E-state index >= 15 is 0 Å². The van der Waals surface area contributed by atoms with E-state index in [0.717, 1.165) is 24.3 Å². The molecule has 7 nitrogen and oxygen atoms in total. The SMILES string of the molecule is NC(=O)c1cnc2[nH]nc(N3CCOCC3)c2c1. The molecular weight excluding hydrogens is 234 g/mol. The highest BCUT2D eigenvalue weighted by Crippen LogP contribution is 2.24. The average Bonchev–Trinajstić information content (AvgIpc) is 2.82. The second-order valence-electron chi connectivity index (χ2n) is 4.13. The van der Waals surface area contributed by atoms with Crippen molar-refractivity contribution in [2.24, 2.45) is 5.73 Å². The maximum absolute atomic E-state index is 11.2. The number of fused-ring (bicyclic) bond motifs is 1. The summed E-state index contributed by atoms with van der Waals surface area (Å²) >= 11 is 0. The largest absolute Gasteiger partial charge is 0.378 e. The zero-order chi connectivity index (χ0) is 12.5. The van der Waals surface area contributed by atoms with Crippen LogP contribution in [-0.4, -0.2) is 47.4 Å². The molecule has 0 aliphatic carbocycles. The van der Waals surface area contributed by atoms with E-state index in [4.69, 9.17) is 10.5 Å². The number of rotatable bonds is 2. The van der Waals surface area contributed by atoms with Gasteiger partial charge in [0.25, 0.3) is 0 Å². The number of H-pyrrole nitrogens is 1. The molecule has 94 valence electrons. The molecule has 7 heteroatoms. The summed E-state index contributed by atoms with van der Waals surface area (Å²) in [7, 11) is 0. The first kappa shape index (κ1) is 11.0. The lowest BCUT2D eigenvalue weighted by Gasteiger charge is -2.26. The number of hydrogen-bond donors (Lipinski definition) is 2. The van der Waals surface area contributed by atoms with E-state index in [2.05, 4.69) is 20.1 Å². The van der Waals surface area contributed by atoms with Gasteiger partial charge in [-0.1, -0.05) is 0 Å². The minimum Gasteiger partial charge on any atom is -0.378 e. The first-order valence-electron chi connectivity index (χ1n) is 5.72. The Morgan fingerprint density at radius 3 is 2.94 bits per heavy atom. The Morgan fingerprint density at radius 1 is 1.44 bits per heavy atom. The molecule has 3 N–H and O–H groups in total. The molecule has 3 rings (SSSR count). The van der Waals surface area contributed by atoms with Gasteiger partial charge in [0.1, 0.15) is 0 Å². The summed E-state index contributed by atoms with van der Waals surface area (Å²) in [6.45, 7) is 2.91. The first-order valence-corrected chi connectivity index (χ1v) is 5.72. The summed E-state index contributed by atoms with van der Waals surface area (Å²) in [5.74, 6) is 0.308. The van der Waals surface area contributed by atoms with E-state index in [9.17, 15) is 4.79 Å². The molecule has 0 radical (unpaired) electrons. The van der Waals surface area contributed by atoms with Crippen molar-refractivity contribution < 1.29 is 9.53 Å². The third-order valence-electron chi connectivity index (χ3n) is 2.99. The van der Waals surface area contributed by atoms with Gasteiger partial charge in [0.2, 0.25) is 5.91 Å². The Bertz CT molecular complexity index is 588. The number of hydrogen-bond acceptors (Lipinski definition) is 5. The molecule has 0 aromatic carbocycles. The van der Waals surface area contributed by atoms with Gasteiger partial charge in [-0.05, 0) is 6.07 Å². The average molecular weight is 247 g/mol. The van der Waals surface area contributed by atoms with E-state index in [-0.39, 0.29) is 0 Å². The zero-order valence-electron chi connectivity index (χ0n) is 9.72. The van der Waals surface area contributed by atoms with Gasteiger partial charge in [0.05, 0.1) is 24.2 Å². The highest BCUT2D eigenvalue weighted by molar-refractivity contribution is 5.98. The van der Waals surface area contributed by atoms with Crippen LogP contribution in [0.1, 0.15) is 10.4 Å². The molecule has 0 atom stereocenters. The molecule has 3 heterocycles. The fourth-order valence-electron chi connectivity index (χ4n) is 2.04. The summed E-state index contributed by atoms with van der Waals surface area (Å²) in [4.78, 5) is 17.4. The second-order valence-corrected chi connectivity index (χ2v) is 4.13. The molecule has 1 fully saturated rings. The number of pyridine rings is 1. The van der Waals surface area contributed by atoms with Gasteiger partial charge in [-0.3, -0.25) is 9.89 Å². The van der Waals surface area contributed by atoms with E-state index in [1.165, 1.54) is 6.20 Å². The lowest BCUT2D eigenvalue weighted by Crippen LogP contribution is -2.36. The smallest absolute Gasteiger partial charge is 0.250 e. The number of carbonyl (C=O) groups excluding carboxylic acids is 1. The van der Waals surface area contributed by atoms with Crippen molar-refractivity contribution in [2.75, 3.05) is 31.2 Å². The number of anilines is 1. The number of amides is 1. The number of carbonyl (C=O) groups is 1. The number of nitrogens with one attached hydrogen (secondary N) is 1. The molecule has 0 spiro atoms. The number of aromatic amines is 1. The maximum atomic E-state index is 11.2. The summed E-state index contributed by atoms with van der Waals surface area (Å²) in [6, 6.07) is 1.72. The zero-order valence-corrected chi connectivity index (χ0v) is 9.72. The van der Waals surface area contributed by atoms with Crippen molar-refractivity contribution in [2.45, 2.75) is 0 Å². The van der Waals surface area contributed by atoms with Gasteiger partial charge in [-0.15, -0.1) is 0 Å². The predicted octanol–water partition coefficient (Wildman–Crippen LogP) is -0.107. The molecule has 1 saturated heterocycles. The Balaban J connectivity index is 2.05. The molecule has 0 saturated carbocycles. The van der Waals surface area contributed by atoms with Gasteiger partial charge >= 0.3 is 0 Å². The molecule has 1 aliphatic heterocycles. The molecule has 2 aromatic heterocycles. The summed E-state index contributed by atoms with van der Waals surface area (Å²) < 4.78 is 5.30. The van der Waals surface area contributed by atoms with Crippen LogP contribution in [0.25, 0.3) is 11.0 Å². The Morgan fingerprint density at radius 2 is 2.22 bits per heavy atom. The normalized spacial score (nSPS) is 16.1. The Labute approximate surface area is 103 Å². The Hall–Kier alpha value is -2.15. The van der Waals surface area contributed by atoms with Gasteiger partial charge in [-0.25, -0.2) is 4.98 Å². The molecule has 18 heavy (non-hydrogen) atoms. The Kier molecular flexibility index (Phi) is 2.60. The summed E-state index contributed by atoms with van der Waals surface area (Å²) in [5.41, 5.74) is 6.30. The molecular formula is C11H13N5O2. The highest BCUT2D eigenvalue weighted by Gasteiger charge is 2.18. The standard InChI is InChI=1S/C11H13N5O2/c12-9(17)7-5-8-10(13-6-7)14-15-11(8)16-1-3-18-4-2-16/h5-6H,1-4H2,(H2,12,17)(H,13,14,15). The lowest BCUT2D eigenvalue weighted by molar-refractivity contribution is 0.1000. The number of primary amides is 1. The number of nitrogens with zero attached hydrogens (tertiary/aromatic N) is 3. The van der Waals surface area contributed by atoms with Crippen LogP contribution in [-0.2, 0) is 4.74 Å². The van der Waals surface area contributed by atoms with E-state index in [1.807, 2.05) is 0 Å². The fourth-order valence-corrected chi connectivity index (χ4v) is 2.04. The molecule has 0 unspecified atom stereocenters. The van der Waals surface area contributed by atoms with Crippen molar-refractivity contribution in [1.82, 2.24) is 15.2 Å². The minimum absolute atomic E-state index is 0.387. The van der Waals surface area contributed by atoms with E-state index in [1.54, 1.807) is 6.07 Å². The number of morpholine rings is 1. The topological polar surface area (TPSA) is 97.1 Å². The molecule has 0 bridgehead atoms. The van der Waals surface area contributed by atoms with Crippen molar-refractivity contribution >= 4 is 22.8 Å². The fraction of sp³-hybridized carbons (Fsp3) is 0.364. The van der Waals surface area contributed by atoms with Crippen molar-refractivity contribution in [3.8, 4) is 0 Å². The van der Waals surface area contributed by atoms with Crippen LogP contribution < -0.4 is 10.6 Å². The molecule has 1 amide bonds. The highest BCUT2D eigenvalue weighted by atomic mass is 16.5. The molecule has 2 aromatic rings. The van der Waals surface area contributed by atoms with Crippen LogP contribution in [0.15, 0.2) is 12.3 Å². The van der Waals surface area contributed by atoms with Crippen molar-refractivity contribution in [1.29, 1.82) is 0 Å². The number of ether oxygens (including phenoxy) is 1. The maximum Gasteiger partial charge on any atom is 0.250 e. The first-order chi connectivity index (χ1) is 8.75. The van der Waals surface area contributed by atoms with Gasteiger partial charge in [-0.2, -0.15) is 5.10 Å². The monoisotopic (exact) mass is 247 g/mol. The summed E-state index contributed by atoms with van der Waals surface area (Å²) in [5, 5.41) is 7.92. The molecule has 1 aliphatic rings. The van der Waals surface area contributed by atoms with Crippen LogP contribution in [0.5, 0.6) is 0 Å². The van der Waals surface area contributed by atoms with Crippen LogP contribution in [0.3, 0.4) is 0 Å². The van der Waals surface area contributed by atoms with Crippen LogP contribution in [0, 0.1) is 0 Å². The lowest BCUT2D eigenvalue weighted by atomic mass is 10.2.